The van der Waals surface area contributed by atoms with Crippen LogP contribution in [0.4, 0.5) is 0 Å². The number of amides is 1. The van der Waals surface area contributed by atoms with Crippen LogP contribution in [-0.2, 0) is 0 Å². The maximum absolute atomic E-state index is 13.1. The zero-order valence-corrected chi connectivity index (χ0v) is 15.7. The van der Waals surface area contributed by atoms with Gasteiger partial charge < -0.3 is 4.90 Å². The van der Waals surface area contributed by atoms with E-state index in [0.717, 1.165) is 36.7 Å². The minimum atomic E-state index is 0.0166. The van der Waals surface area contributed by atoms with Crippen molar-refractivity contribution in [3.8, 4) is 0 Å². The predicted octanol–water partition coefficient (Wildman–Crippen LogP) is 2.59. The Hall–Kier alpha value is -2.31. The quantitative estimate of drug-likeness (QED) is 0.857. The Morgan fingerprint density at radius 1 is 1.20 bits per heavy atom. The van der Waals surface area contributed by atoms with E-state index in [1.807, 2.05) is 30.4 Å². The molecule has 0 N–H and O–H groups in total. The van der Waals surface area contributed by atoms with E-state index in [0.29, 0.717) is 17.9 Å². The van der Waals surface area contributed by atoms with E-state index >= 15 is 0 Å². The van der Waals surface area contributed by atoms with Gasteiger partial charge in [0, 0.05) is 19.3 Å². The van der Waals surface area contributed by atoms with Crippen LogP contribution >= 0.6 is 0 Å². The van der Waals surface area contributed by atoms with Crippen LogP contribution in [0.5, 0.6) is 0 Å². The fourth-order valence-corrected chi connectivity index (χ4v) is 3.48. The second-order valence-corrected chi connectivity index (χ2v) is 7.07. The Kier molecular flexibility index (Phi) is 4.83. The Morgan fingerprint density at radius 2 is 1.96 bits per heavy atom. The average molecular weight is 342 g/mol. The highest BCUT2D eigenvalue weighted by Crippen LogP contribution is 2.25. The molecular formula is C18H26N6O. The van der Waals surface area contributed by atoms with Gasteiger partial charge in [0.2, 0.25) is 0 Å². The van der Waals surface area contributed by atoms with Crippen LogP contribution in [0.1, 0.15) is 72.2 Å². The summed E-state index contributed by atoms with van der Waals surface area (Å²) in [5.74, 6) is 2.57. The summed E-state index contributed by atoms with van der Waals surface area (Å²) in [5, 5.41) is 4.50. The molecule has 0 spiro atoms. The molecule has 7 nitrogen and oxygen atoms in total. The molecule has 3 rings (SSSR count). The molecule has 2 aromatic heterocycles. The van der Waals surface area contributed by atoms with Crippen LogP contribution in [0.3, 0.4) is 0 Å². The number of nitrogens with zero attached hydrogens (tertiary/aromatic N) is 6. The average Bonchev–Trinajstić information content (AvgIpc) is 2.92. The van der Waals surface area contributed by atoms with Gasteiger partial charge in [0.05, 0.1) is 17.3 Å². The van der Waals surface area contributed by atoms with E-state index in [2.05, 4.69) is 33.9 Å². The molecule has 2 aromatic rings. The van der Waals surface area contributed by atoms with Crippen LogP contribution in [0.25, 0.3) is 0 Å². The highest BCUT2D eigenvalue weighted by molar-refractivity contribution is 5.95. The van der Waals surface area contributed by atoms with Gasteiger partial charge >= 0.3 is 0 Å². The summed E-state index contributed by atoms with van der Waals surface area (Å²) in [7, 11) is 0. The van der Waals surface area contributed by atoms with Crippen molar-refractivity contribution in [2.75, 3.05) is 13.1 Å². The summed E-state index contributed by atoms with van der Waals surface area (Å²) in [6.45, 7) is 11.2. The van der Waals surface area contributed by atoms with Gasteiger partial charge in [0.15, 0.2) is 0 Å². The van der Waals surface area contributed by atoms with Crippen LogP contribution in [0, 0.1) is 20.8 Å². The molecule has 25 heavy (non-hydrogen) atoms. The number of likely N-dealkylation sites (tertiary alicyclic amines) is 1. The first-order valence-corrected chi connectivity index (χ1v) is 8.89. The zero-order chi connectivity index (χ0) is 18.1. The summed E-state index contributed by atoms with van der Waals surface area (Å²) in [6, 6.07) is 0.174. The largest absolute Gasteiger partial charge is 0.336 e. The predicted molar refractivity (Wildman–Crippen MR) is 94.5 cm³/mol. The van der Waals surface area contributed by atoms with Gasteiger partial charge in [0.25, 0.3) is 5.91 Å². The Labute approximate surface area is 148 Å². The van der Waals surface area contributed by atoms with Crippen molar-refractivity contribution in [2.24, 2.45) is 0 Å². The monoisotopic (exact) mass is 342 g/mol. The van der Waals surface area contributed by atoms with E-state index in [9.17, 15) is 4.79 Å². The molecule has 1 saturated heterocycles. The molecule has 1 aliphatic heterocycles. The summed E-state index contributed by atoms with van der Waals surface area (Å²) in [6.07, 6.45) is 3.64. The first-order valence-electron chi connectivity index (χ1n) is 8.89. The number of rotatable bonds is 3. The summed E-state index contributed by atoms with van der Waals surface area (Å²) >= 11 is 0. The van der Waals surface area contributed by atoms with Crippen LogP contribution in [0.2, 0.25) is 0 Å². The molecule has 0 aromatic carbocycles. The maximum atomic E-state index is 13.1. The Morgan fingerprint density at radius 3 is 2.60 bits per heavy atom. The normalized spacial score (nSPS) is 18.0. The second-order valence-electron chi connectivity index (χ2n) is 7.07. The van der Waals surface area contributed by atoms with Gasteiger partial charge in [-0.2, -0.15) is 5.10 Å². The zero-order valence-electron chi connectivity index (χ0n) is 15.7. The molecule has 134 valence electrons. The molecule has 3 heterocycles. The van der Waals surface area contributed by atoms with Crippen LogP contribution < -0.4 is 0 Å². The third-order valence-corrected chi connectivity index (χ3v) is 4.65. The fraction of sp³-hybridized carbons (Fsp3) is 0.611. The molecule has 0 saturated carbocycles. The highest BCUT2D eigenvalue weighted by atomic mass is 16.2. The molecule has 0 radical (unpaired) electrons. The molecule has 1 amide bonds. The first kappa shape index (κ1) is 17.5. The minimum Gasteiger partial charge on any atom is -0.336 e. The third kappa shape index (κ3) is 3.55. The van der Waals surface area contributed by atoms with Gasteiger partial charge in [-0.25, -0.2) is 19.6 Å². The number of carbonyl (C=O) groups is 1. The van der Waals surface area contributed by atoms with Gasteiger partial charge in [-0.05, 0) is 39.5 Å². The molecule has 7 heteroatoms. The van der Waals surface area contributed by atoms with Gasteiger partial charge in [-0.3, -0.25) is 4.79 Å². The third-order valence-electron chi connectivity index (χ3n) is 4.65. The maximum Gasteiger partial charge on any atom is 0.257 e. The lowest BCUT2D eigenvalue weighted by molar-refractivity contribution is 0.0668. The van der Waals surface area contributed by atoms with Gasteiger partial charge in [-0.15, -0.1) is 0 Å². The van der Waals surface area contributed by atoms with Crippen LogP contribution in [-0.4, -0.2) is 48.6 Å². The van der Waals surface area contributed by atoms with E-state index in [1.54, 1.807) is 6.20 Å². The SMILES string of the molecule is Cc1ncc(C(=O)N2CCC[C@@H](n3nc(C)nc3C)C2)c(C(C)C)n1. The topological polar surface area (TPSA) is 76.8 Å². The molecule has 1 aliphatic rings. The Bertz CT molecular complexity index is 782. The molecule has 0 bridgehead atoms. The lowest BCUT2D eigenvalue weighted by Gasteiger charge is -2.33. The van der Waals surface area contributed by atoms with Crippen molar-refractivity contribution in [2.45, 2.75) is 59.4 Å². The number of piperidine rings is 1. The van der Waals surface area contributed by atoms with Crippen molar-refractivity contribution in [3.05, 3.63) is 34.9 Å². The van der Waals surface area contributed by atoms with Crippen molar-refractivity contribution >= 4 is 5.91 Å². The number of carbonyl (C=O) groups excluding carboxylic acids is 1. The van der Waals surface area contributed by atoms with Crippen molar-refractivity contribution in [1.29, 1.82) is 0 Å². The highest BCUT2D eigenvalue weighted by Gasteiger charge is 2.29. The lowest BCUT2D eigenvalue weighted by atomic mass is 10.0. The van der Waals surface area contributed by atoms with Crippen LogP contribution in [0.15, 0.2) is 6.20 Å². The van der Waals surface area contributed by atoms with E-state index in [-0.39, 0.29) is 17.9 Å². The molecule has 0 aliphatic carbocycles. The first-order chi connectivity index (χ1) is 11.9. The molecular weight excluding hydrogens is 316 g/mol. The molecule has 0 unspecified atom stereocenters. The van der Waals surface area contributed by atoms with Crippen molar-refractivity contribution in [1.82, 2.24) is 29.6 Å². The number of aromatic nitrogens is 5. The van der Waals surface area contributed by atoms with E-state index in [1.165, 1.54) is 0 Å². The van der Waals surface area contributed by atoms with Crippen molar-refractivity contribution in [3.63, 3.8) is 0 Å². The molecule has 1 fully saturated rings. The summed E-state index contributed by atoms with van der Waals surface area (Å²) in [5.41, 5.74) is 1.44. The lowest BCUT2D eigenvalue weighted by Crippen LogP contribution is -2.41. The van der Waals surface area contributed by atoms with E-state index in [4.69, 9.17) is 0 Å². The number of hydrogen-bond donors (Lipinski definition) is 0. The van der Waals surface area contributed by atoms with Gasteiger partial charge in [0.1, 0.15) is 17.5 Å². The summed E-state index contributed by atoms with van der Waals surface area (Å²) < 4.78 is 1.96. The fourth-order valence-electron chi connectivity index (χ4n) is 3.48. The second kappa shape index (κ2) is 6.90. The smallest absolute Gasteiger partial charge is 0.257 e. The number of hydrogen-bond acceptors (Lipinski definition) is 5. The van der Waals surface area contributed by atoms with Gasteiger partial charge in [-0.1, -0.05) is 13.8 Å². The molecule has 1 atom stereocenters. The Balaban J connectivity index is 1.84. The standard InChI is InChI=1S/C18H26N6O/c1-11(2)17-16(9-19-12(3)21-17)18(25)23-8-6-7-15(10-23)24-14(5)20-13(4)22-24/h9,11,15H,6-8,10H2,1-5H3/t15-/m1/s1. The van der Waals surface area contributed by atoms with Crippen molar-refractivity contribution < 1.29 is 4.79 Å². The summed E-state index contributed by atoms with van der Waals surface area (Å²) in [4.78, 5) is 28.1. The minimum absolute atomic E-state index is 0.0166. The van der Waals surface area contributed by atoms with E-state index < -0.39 is 0 Å². The number of aryl methyl sites for hydroxylation is 3.